The first kappa shape index (κ1) is 29.3. The molecule has 0 aliphatic carbocycles. The van der Waals surface area contributed by atoms with Crippen LogP contribution in [0.5, 0.6) is 0 Å². The fourth-order valence-corrected chi connectivity index (χ4v) is 7.82. The van der Waals surface area contributed by atoms with Crippen LogP contribution in [-0.2, 0) is 30.6 Å². The van der Waals surface area contributed by atoms with Crippen LogP contribution < -0.4 is 10.0 Å². The molecule has 1 heterocycles. The lowest BCUT2D eigenvalue weighted by Crippen LogP contribution is -2.44. The number of fused-ring (bicyclic) bond motifs is 1. The Labute approximate surface area is 249 Å². The molecule has 1 atom stereocenters. The molecule has 12 heteroatoms. The van der Waals surface area contributed by atoms with Gasteiger partial charge in [0.2, 0.25) is 15.9 Å². The Balaban J connectivity index is 1.23. The lowest BCUT2D eigenvalue weighted by molar-refractivity contribution is -0.120. The molecule has 2 N–H and O–H groups in total. The minimum absolute atomic E-state index is 0.0423. The molecule has 0 saturated carbocycles. The highest BCUT2D eigenvalue weighted by atomic mass is 35.5. The van der Waals surface area contributed by atoms with Gasteiger partial charge >= 0.3 is 0 Å². The summed E-state index contributed by atoms with van der Waals surface area (Å²) in [5.41, 5.74) is 1.39. The summed E-state index contributed by atoms with van der Waals surface area (Å²) in [5.74, 6) is -1.13. The van der Waals surface area contributed by atoms with Crippen LogP contribution in [0.2, 0.25) is 10.0 Å². The summed E-state index contributed by atoms with van der Waals surface area (Å²) in [6, 6.07) is 23.4. The number of nitrogens with one attached hydrogen (secondary N) is 2. The van der Waals surface area contributed by atoms with Gasteiger partial charge in [0, 0.05) is 24.2 Å². The number of hydrogen-bond acceptors (Lipinski definition) is 5. The molecule has 1 aliphatic heterocycles. The van der Waals surface area contributed by atoms with Crippen LogP contribution in [-0.4, -0.2) is 40.1 Å². The molecule has 4 aromatic carbocycles. The minimum Gasteiger partial charge on any atom is -0.326 e. The van der Waals surface area contributed by atoms with Gasteiger partial charge in [-0.3, -0.25) is 9.52 Å². The van der Waals surface area contributed by atoms with Crippen LogP contribution in [0.3, 0.4) is 0 Å². The van der Waals surface area contributed by atoms with E-state index in [1.165, 1.54) is 34.6 Å². The largest absolute Gasteiger partial charge is 0.326 e. The number of piperidine rings is 1. The first-order valence-electron chi connectivity index (χ1n) is 12.9. The van der Waals surface area contributed by atoms with Crippen molar-refractivity contribution < 1.29 is 21.6 Å². The summed E-state index contributed by atoms with van der Waals surface area (Å²) >= 11 is 12.0. The Kier molecular flexibility index (Phi) is 8.58. The van der Waals surface area contributed by atoms with Gasteiger partial charge in [-0.25, -0.2) is 21.1 Å². The van der Waals surface area contributed by atoms with E-state index in [9.17, 15) is 21.6 Å². The van der Waals surface area contributed by atoms with Crippen molar-refractivity contribution in [3.8, 4) is 0 Å². The number of carbonyl (C=O) groups excluding carboxylic acids is 1. The van der Waals surface area contributed by atoms with Gasteiger partial charge in [-0.1, -0.05) is 65.7 Å². The van der Waals surface area contributed by atoms with E-state index in [4.69, 9.17) is 23.2 Å². The van der Waals surface area contributed by atoms with Crippen molar-refractivity contribution in [2.24, 2.45) is 5.92 Å². The van der Waals surface area contributed by atoms with E-state index in [2.05, 4.69) is 10.0 Å². The number of benzene rings is 4. The summed E-state index contributed by atoms with van der Waals surface area (Å²) in [7, 11) is -7.57. The van der Waals surface area contributed by atoms with Crippen LogP contribution in [0.15, 0.2) is 89.8 Å². The van der Waals surface area contributed by atoms with E-state index < -0.39 is 26.0 Å². The van der Waals surface area contributed by atoms with Crippen LogP contribution in [0.25, 0.3) is 10.8 Å². The Morgan fingerprint density at radius 1 is 0.878 bits per heavy atom. The molecule has 0 aromatic heterocycles. The average Bonchev–Trinajstić information content (AvgIpc) is 2.95. The molecule has 0 radical (unpaired) electrons. The molecule has 0 spiro atoms. The third-order valence-electron chi connectivity index (χ3n) is 6.95. The number of carbonyl (C=O) groups is 1. The van der Waals surface area contributed by atoms with Crippen molar-refractivity contribution in [3.05, 3.63) is 101 Å². The van der Waals surface area contributed by atoms with Crippen molar-refractivity contribution in [3.63, 3.8) is 0 Å². The van der Waals surface area contributed by atoms with E-state index in [0.717, 1.165) is 10.8 Å². The maximum absolute atomic E-state index is 13.1. The van der Waals surface area contributed by atoms with E-state index in [1.807, 2.05) is 30.3 Å². The van der Waals surface area contributed by atoms with Crippen molar-refractivity contribution in [1.82, 2.24) is 4.31 Å². The Hall–Kier alpha value is -3.15. The van der Waals surface area contributed by atoms with Crippen molar-refractivity contribution >= 4 is 71.3 Å². The predicted molar refractivity (Wildman–Crippen MR) is 163 cm³/mol. The van der Waals surface area contributed by atoms with Gasteiger partial charge in [-0.05, 0) is 66.3 Å². The quantitative estimate of drug-likeness (QED) is 0.243. The first-order chi connectivity index (χ1) is 19.5. The summed E-state index contributed by atoms with van der Waals surface area (Å²) in [4.78, 5) is 13.1. The van der Waals surface area contributed by atoms with Gasteiger partial charge in [0.1, 0.15) is 0 Å². The van der Waals surface area contributed by atoms with Gasteiger partial charge in [-0.15, -0.1) is 0 Å². The zero-order valence-corrected chi connectivity index (χ0v) is 24.9. The highest BCUT2D eigenvalue weighted by Gasteiger charge is 2.32. The van der Waals surface area contributed by atoms with Crippen molar-refractivity contribution in [2.75, 3.05) is 23.1 Å². The van der Waals surface area contributed by atoms with Gasteiger partial charge in [0.25, 0.3) is 10.0 Å². The monoisotopic (exact) mass is 631 g/mol. The van der Waals surface area contributed by atoms with Crippen LogP contribution in [0.1, 0.15) is 18.4 Å². The summed E-state index contributed by atoms with van der Waals surface area (Å²) in [6.07, 6.45) is 1.07. The van der Waals surface area contributed by atoms with Crippen molar-refractivity contribution in [2.45, 2.75) is 23.5 Å². The van der Waals surface area contributed by atoms with E-state index in [-0.39, 0.29) is 28.1 Å². The van der Waals surface area contributed by atoms with Crippen LogP contribution in [0, 0.1) is 5.92 Å². The normalized spacial score (nSPS) is 16.4. The first-order valence-corrected chi connectivity index (χ1v) is 16.7. The smallest absolute Gasteiger partial charge is 0.261 e. The highest BCUT2D eigenvalue weighted by molar-refractivity contribution is 7.92. The van der Waals surface area contributed by atoms with E-state index >= 15 is 0 Å². The number of nitrogens with zero attached hydrogens (tertiary/aromatic N) is 1. The molecule has 214 valence electrons. The fourth-order valence-electron chi connectivity index (χ4n) is 4.82. The SMILES string of the molecule is O=C(Nc1ccc(S(=O)(=O)Nc2cccc3ccccc23)cc1)C1CCCN(S(=O)(=O)Cc2ccc(Cl)c(Cl)c2)C1. The maximum atomic E-state index is 13.1. The molecule has 4 aromatic rings. The van der Waals surface area contributed by atoms with Crippen LogP contribution in [0.4, 0.5) is 11.4 Å². The second-order valence-corrected chi connectivity index (χ2v) is 14.3. The molecule has 1 unspecified atom stereocenters. The third-order valence-corrected chi connectivity index (χ3v) is 10.9. The molecular weight excluding hydrogens is 605 g/mol. The summed E-state index contributed by atoms with van der Waals surface area (Å²) in [6.45, 7) is 0.376. The maximum Gasteiger partial charge on any atom is 0.261 e. The zero-order chi connectivity index (χ0) is 29.2. The zero-order valence-electron chi connectivity index (χ0n) is 21.8. The van der Waals surface area contributed by atoms with Crippen molar-refractivity contribution in [1.29, 1.82) is 0 Å². The van der Waals surface area contributed by atoms with E-state index in [0.29, 0.717) is 41.3 Å². The molecule has 41 heavy (non-hydrogen) atoms. The number of anilines is 2. The lowest BCUT2D eigenvalue weighted by Gasteiger charge is -2.31. The molecule has 1 aliphatic rings. The van der Waals surface area contributed by atoms with Gasteiger partial charge < -0.3 is 5.32 Å². The number of rotatable bonds is 8. The Bertz CT molecular complexity index is 1810. The van der Waals surface area contributed by atoms with Gasteiger partial charge in [-0.2, -0.15) is 0 Å². The summed E-state index contributed by atoms with van der Waals surface area (Å²) in [5, 5.41) is 5.10. The molecule has 8 nitrogen and oxygen atoms in total. The summed E-state index contributed by atoms with van der Waals surface area (Å²) < 4.78 is 56.2. The molecular formula is C29H27Cl2N3O5S2. The fraction of sp³-hybridized carbons (Fsp3) is 0.207. The highest BCUT2D eigenvalue weighted by Crippen LogP contribution is 2.28. The standard InChI is InChI=1S/C29H27Cl2N3O5S2/c30-26-15-10-20(17-27(26)31)19-40(36,37)34-16-4-7-22(18-34)29(35)32-23-11-13-24(14-12-23)41(38,39)33-28-9-3-6-21-5-1-2-8-25(21)28/h1-3,5-6,8-15,17,22,33H,4,7,16,18-19H2,(H,32,35). The van der Waals surface area contributed by atoms with Gasteiger partial charge in [0.05, 0.1) is 32.3 Å². The number of amides is 1. The second kappa shape index (κ2) is 12.0. The Morgan fingerprint density at radius 3 is 2.37 bits per heavy atom. The van der Waals surface area contributed by atoms with Gasteiger partial charge in [0.15, 0.2) is 0 Å². The van der Waals surface area contributed by atoms with E-state index in [1.54, 1.807) is 24.3 Å². The second-order valence-electron chi connectivity index (χ2n) is 9.85. The Morgan fingerprint density at radius 2 is 1.61 bits per heavy atom. The lowest BCUT2D eigenvalue weighted by atomic mass is 9.99. The average molecular weight is 633 g/mol. The number of sulfonamides is 2. The third kappa shape index (κ3) is 6.85. The molecule has 1 fully saturated rings. The molecule has 1 amide bonds. The van der Waals surface area contributed by atoms with Crippen LogP contribution >= 0.6 is 23.2 Å². The number of hydrogen-bond donors (Lipinski definition) is 2. The number of halogens is 2. The molecule has 1 saturated heterocycles. The molecule has 5 rings (SSSR count). The topological polar surface area (TPSA) is 113 Å². The molecule has 0 bridgehead atoms. The minimum atomic E-state index is -3.88. The predicted octanol–water partition coefficient (Wildman–Crippen LogP) is 6.13.